The van der Waals surface area contributed by atoms with Gasteiger partial charge >= 0.3 is 10.8 Å². The normalized spacial score (nSPS) is 15.6. The average Bonchev–Trinajstić information content (AvgIpc) is 2.63. The fourth-order valence-electron chi connectivity index (χ4n) is 2.35. The summed E-state index contributed by atoms with van der Waals surface area (Å²) < 4.78 is 3.58. The highest BCUT2D eigenvalue weighted by Gasteiger charge is 2.26. The van der Waals surface area contributed by atoms with Gasteiger partial charge in [-0.25, -0.2) is 4.98 Å². The van der Waals surface area contributed by atoms with E-state index in [1.165, 1.54) is 0 Å². The first-order chi connectivity index (χ1) is 9.34. The van der Waals surface area contributed by atoms with Crippen LogP contribution in [-0.4, -0.2) is 25.4 Å². The number of fused-ring (bicyclic) bond motifs is 5. The first-order valence-electron chi connectivity index (χ1n) is 6.22. The van der Waals surface area contributed by atoms with Crippen LogP contribution in [-0.2, 0) is 6.54 Å². The van der Waals surface area contributed by atoms with Crippen molar-refractivity contribution in [1.82, 2.24) is 19.7 Å². The third-order valence-corrected chi connectivity index (χ3v) is 4.39. The van der Waals surface area contributed by atoms with Crippen molar-refractivity contribution in [3.63, 3.8) is 0 Å². The number of hydrogen-bond acceptors (Lipinski definition) is 5. The summed E-state index contributed by atoms with van der Waals surface area (Å²) in [6.07, 6.45) is 3.94. The van der Waals surface area contributed by atoms with E-state index in [9.17, 15) is 5.11 Å². The van der Waals surface area contributed by atoms with E-state index in [1.54, 1.807) is 34.6 Å². The molecule has 0 amide bonds. The van der Waals surface area contributed by atoms with Crippen molar-refractivity contribution >= 4 is 28.3 Å². The predicted octanol–water partition coefficient (Wildman–Crippen LogP) is 0.524. The second-order valence-corrected chi connectivity index (χ2v) is 5.56. The summed E-state index contributed by atoms with van der Waals surface area (Å²) in [5.74, 6) is 0.783. The zero-order chi connectivity index (χ0) is 12.8. The van der Waals surface area contributed by atoms with E-state index in [1.807, 2.05) is 4.68 Å². The number of pyridine rings is 1. The third-order valence-electron chi connectivity index (χ3n) is 3.25. The molecule has 0 saturated heterocycles. The average molecular weight is 273 g/mol. The number of thioether (sulfide) groups is 1. The minimum absolute atomic E-state index is 0.249. The Morgan fingerprint density at radius 1 is 1.37 bits per heavy atom. The van der Waals surface area contributed by atoms with Crippen LogP contribution in [0.4, 0.5) is 0 Å². The summed E-state index contributed by atoms with van der Waals surface area (Å²) in [5.41, 5.74) is 1.29. The molecule has 6 nitrogen and oxygen atoms in total. The first-order valence-corrected chi connectivity index (χ1v) is 7.20. The lowest BCUT2D eigenvalue weighted by molar-refractivity contribution is -0.784. The highest BCUT2D eigenvalue weighted by molar-refractivity contribution is 7.99. The molecule has 3 aromatic rings. The Morgan fingerprint density at radius 3 is 3.26 bits per heavy atom. The molecule has 0 spiro atoms. The largest absolute Gasteiger partial charge is 0.856 e. The van der Waals surface area contributed by atoms with Crippen LogP contribution in [0.3, 0.4) is 0 Å². The number of hydrogen-bond donors (Lipinski definition) is 0. The molecule has 96 valence electrons. The fourth-order valence-corrected chi connectivity index (χ4v) is 3.41. The molecule has 1 aliphatic rings. The van der Waals surface area contributed by atoms with Crippen molar-refractivity contribution in [2.24, 2.45) is 0 Å². The number of aryl methyl sites for hydroxylation is 1. The standard InChI is InChI=1S/C12H11N5OS/c18-11-8-4-3-5-13-9(8)10-14-16-6-1-2-7-19-12(16)17(10)15-11/h3-5H,1-2,6-7H2. The highest BCUT2D eigenvalue weighted by atomic mass is 32.2. The summed E-state index contributed by atoms with van der Waals surface area (Å²) >= 11 is 1.70. The van der Waals surface area contributed by atoms with E-state index in [-0.39, 0.29) is 5.88 Å². The lowest BCUT2D eigenvalue weighted by Gasteiger charge is -2.05. The molecule has 0 radical (unpaired) electrons. The van der Waals surface area contributed by atoms with Gasteiger partial charge in [-0.2, -0.15) is 0 Å². The van der Waals surface area contributed by atoms with Crippen LogP contribution in [0.2, 0.25) is 0 Å². The highest BCUT2D eigenvalue weighted by Crippen LogP contribution is 2.25. The molecular formula is C12H11N5OS. The Kier molecular flexibility index (Phi) is 2.34. The molecule has 0 saturated carbocycles. The smallest absolute Gasteiger partial charge is 0.366 e. The van der Waals surface area contributed by atoms with Gasteiger partial charge in [-0.1, -0.05) is 9.61 Å². The minimum atomic E-state index is -0.249. The lowest BCUT2D eigenvalue weighted by atomic mass is 10.3. The summed E-state index contributed by atoms with van der Waals surface area (Å²) in [6, 6.07) is 3.49. The molecule has 0 fully saturated rings. The van der Waals surface area contributed by atoms with Gasteiger partial charge in [0.05, 0.1) is 0 Å². The van der Waals surface area contributed by atoms with Gasteiger partial charge in [0.2, 0.25) is 0 Å². The number of rotatable bonds is 0. The van der Waals surface area contributed by atoms with Crippen LogP contribution in [0.1, 0.15) is 12.8 Å². The molecule has 19 heavy (non-hydrogen) atoms. The van der Waals surface area contributed by atoms with E-state index in [4.69, 9.17) is 0 Å². The maximum atomic E-state index is 12.0. The Labute approximate surface area is 113 Å². The van der Waals surface area contributed by atoms with E-state index in [0.29, 0.717) is 16.6 Å². The maximum Gasteiger partial charge on any atom is 0.366 e. The van der Waals surface area contributed by atoms with Gasteiger partial charge < -0.3 is 5.11 Å². The van der Waals surface area contributed by atoms with Crippen LogP contribution in [0.5, 0.6) is 5.88 Å². The summed E-state index contributed by atoms with van der Waals surface area (Å²) in [6.45, 7) is 0.869. The third kappa shape index (κ3) is 1.58. The van der Waals surface area contributed by atoms with Crippen molar-refractivity contribution in [1.29, 1.82) is 0 Å². The SMILES string of the molecule is [O-]c1nn2c3[n+](nc2c2ncccc12)CCCCS3. The van der Waals surface area contributed by atoms with E-state index >= 15 is 0 Å². The monoisotopic (exact) mass is 273 g/mol. The van der Waals surface area contributed by atoms with Crippen LogP contribution < -0.4 is 9.79 Å². The quantitative estimate of drug-likeness (QED) is 0.559. The van der Waals surface area contributed by atoms with Gasteiger partial charge in [-0.05, 0) is 41.8 Å². The van der Waals surface area contributed by atoms with Crippen molar-refractivity contribution in [3.05, 3.63) is 18.3 Å². The van der Waals surface area contributed by atoms with Gasteiger partial charge in [0.1, 0.15) is 12.1 Å². The minimum Gasteiger partial charge on any atom is -0.856 e. The topological polar surface area (TPSA) is 70.0 Å². The first kappa shape index (κ1) is 11.0. The number of aromatic nitrogens is 5. The Bertz CT molecular complexity index is 784. The Balaban J connectivity index is 2.13. The molecule has 0 N–H and O–H groups in total. The molecule has 1 aliphatic heterocycles. The zero-order valence-corrected chi connectivity index (χ0v) is 10.9. The van der Waals surface area contributed by atoms with E-state index in [0.717, 1.165) is 30.3 Å². The Morgan fingerprint density at radius 2 is 2.32 bits per heavy atom. The van der Waals surface area contributed by atoms with Crippen molar-refractivity contribution < 1.29 is 9.79 Å². The molecule has 0 atom stereocenters. The van der Waals surface area contributed by atoms with Gasteiger partial charge in [-0.15, -0.1) is 4.68 Å². The van der Waals surface area contributed by atoms with Crippen molar-refractivity contribution in [3.8, 4) is 5.88 Å². The van der Waals surface area contributed by atoms with Crippen LogP contribution in [0.15, 0.2) is 23.5 Å². The van der Waals surface area contributed by atoms with Crippen molar-refractivity contribution in [2.75, 3.05) is 5.75 Å². The predicted molar refractivity (Wildman–Crippen MR) is 67.9 cm³/mol. The zero-order valence-electron chi connectivity index (χ0n) is 10.1. The van der Waals surface area contributed by atoms with Gasteiger partial charge in [0.15, 0.2) is 0 Å². The number of nitrogens with zero attached hydrogens (tertiary/aromatic N) is 5. The fraction of sp³-hybridized carbons (Fsp3) is 0.333. The molecule has 4 heterocycles. The molecule has 0 unspecified atom stereocenters. The summed E-state index contributed by atoms with van der Waals surface area (Å²) in [4.78, 5) is 4.29. The molecule has 0 aliphatic carbocycles. The van der Waals surface area contributed by atoms with E-state index in [2.05, 4.69) is 15.2 Å². The van der Waals surface area contributed by atoms with Crippen LogP contribution >= 0.6 is 11.8 Å². The lowest BCUT2D eigenvalue weighted by Crippen LogP contribution is -2.37. The van der Waals surface area contributed by atoms with Crippen LogP contribution in [0.25, 0.3) is 16.6 Å². The molecule has 4 rings (SSSR count). The molecule has 0 bridgehead atoms. The summed E-state index contributed by atoms with van der Waals surface area (Å²) in [5, 5.41) is 22.2. The van der Waals surface area contributed by atoms with Crippen LogP contribution in [0, 0.1) is 0 Å². The van der Waals surface area contributed by atoms with E-state index < -0.39 is 0 Å². The second kappa shape index (κ2) is 4.06. The Hall–Kier alpha value is -1.89. The molecule has 3 aromatic heterocycles. The maximum absolute atomic E-state index is 12.0. The van der Waals surface area contributed by atoms with Gasteiger partial charge in [0, 0.05) is 23.2 Å². The summed E-state index contributed by atoms with van der Waals surface area (Å²) in [7, 11) is 0. The van der Waals surface area contributed by atoms with Gasteiger partial charge in [0.25, 0.3) is 0 Å². The molecular weight excluding hydrogens is 262 g/mol. The molecule has 7 heteroatoms. The van der Waals surface area contributed by atoms with Gasteiger partial charge in [-0.3, -0.25) is 0 Å². The molecule has 0 aromatic carbocycles. The second-order valence-electron chi connectivity index (χ2n) is 4.50. The van der Waals surface area contributed by atoms with Crippen molar-refractivity contribution in [2.45, 2.75) is 24.5 Å².